The van der Waals surface area contributed by atoms with Crippen LogP contribution in [0, 0.1) is 0 Å². The minimum Gasteiger partial charge on any atom is -0.744 e. The molecule has 0 fully saturated rings. The van der Waals surface area contributed by atoms with Gasteiger partial charge in [0.2, 0.25) is 0 Å². The van der Waals surface area contributed by atoms with Crippen molar-refractivity contribution >= 4 is 70.2 Å². The van der Waals surface area contributed by atoms with Gasteiger partial charge in [0.05, 0.1) is 21.2 Å². The Balaban J connectivity index is 0.00000253. The molecule has 4 N–H and O–H groups in total. The molecule has 13 nitrogen and oxygen atoms in total. The Morgan fingerprint density at radius 1 is 0.581 bits per heavy atom. The number of hydrogen-bond acceptors (Lipinski definition) is 13. The predicted molar refractivity (Wildman–Crippen MR) is 146 cm³/mol. The summed E-state index contributed by atoms with van der Waals surface area (Å²) in [4.78, 5) is -1.69. The van der Waals surface area contributed by atoms with Crippen molar-refractivity contribution < 1.29 is 95.3 Å². The third kappa shape index (κ3) is 7.41. The summed E-state index contributed by atoms with van der Waals surface area (Å²) in [6, 6.07) is 18.4. The molecule has 0 saturated heterocycles. The minimum absolute atomic E-state index is 0. The Labute approximate surface area is 289 Å². The van der Waals surface area contributed by atoms with E-state index in [1.807, 2.05) is 0 Å². The third-order valence-corrected chi connectivity index (χ3v) is 7.64. The molecule has 43 heavy (non-hydrogen) atoms. The summed E-state index contributed by atoms with van der Waals surface area (Å²) in [5.74, 6) is -1.27. The van der Waals surface area contributed by atoms with Gasteiger partial charge < -0.3 is 25.1 Å². The maximum Gasteiger partial charge on any atom is 1.00 e. The quantitative estimate of drug-likeness (QED) is 0.0953. The fraction of sp³-hybridized carbons (Fsp3) is 0. The van der Waals surface area contributed by atoms with Gasteiger partial charge in [0.25, 0.3) is 0 Å². The van der Waals surface area contributed by atoms with Gasteiger partial charge in [-0.2, -0.15) is 10.2 Å². The van der Waals surface area contributed by atoms with E-state index >= 15 is 0 Å². The SMILES string of the molecule is Nc1ccc2c(O)c(N=Nc3ccc4c(O)c(N=Nc5ccccc5)c(S(=O)(=O)[O-])cc4c3)c(S(=O)(=O)[O-])cc2c1.[Na+].[Na+]. The zero-order chi connectivity index (χ0) is 29.5. The van der Waals surface area contributed by atoms with Gasteiger partial charge in [0.1, 0.15) is 31.6 Å². The van der Waals surface area contributed by atoms with E-state index in [1.54, 1.807) is 30.3 Å². The third-order valence-electron chi connectivity index (χ3n) is 5.94. The minimum atomic E-state index is -5.13. The number of nitrogens with zero attached hydrogens (tertiary/aromatic N) is 4. The molecular weight excluding hydrogens is 620 g/mol. The maximum absolute atomic E-state index is 12.0. The van der Waals surface area contributed by atoms with Crippen LogP contribution >= 0.6 is 0 Å². The predicted octanol–water partition coefficient (Wildman–Crippen LogP) is -0.367. The van der Waals surface area contributed by atoms with Crippen LogP contribution < -0.4 is 64.8 Å². The second kappa shape index (κ2) is 13.4. The van der Waals surface area contributed by atoms with Crippen LogP contribution in [0.25, 0.3) is 21.5 Å². The molecule has 0 radical (unpaired) electrons. The molecule has 208 valence electrons. The van der Waals surface area contributed by atoms with Gasteiger partial charge in [-0.3, -0.25) is 0 Å². The first kappa shape index (κ1) is 34.5. The summed E-state index contributed by atoms with van der Waals surface area (Å²) < 4.78 is 71.9. The first-order valence-electron chi connectivity index (χ1n) is 11.5. The van der Waals surface area contributed by atoms with E-state index in [-0.39, 0.29) is 92.0 Å². The number of phenols is 2. The molecule has 0 atom stereocenters. The molecule has 5 aromatic carbocycles. The molecular formula is C26H17N5Na2O8S2. The maximum atomic E-state index is 12.0. The summed E-state index contributed by atoms with van der Waals surface area (Å²) in [7, 11) is -10.2. The largest absolute Gasteiger partial charge is 1.00 e. The van der Waals surface area contributed by atoms with Crippen molar-refractivity contribution in [2.75, 3.05) is 5.73 Å². The first-order chi connectivity index (χ1) is 19.3. The van der Waals surface area contributed by atoms with Crippen LogP contribution in [0.3, 0.4) is 0 Å². The number of anilines is 1. The van der Waals surface area contributed by atoms with Crippen LogP contribution in [0.15, 0.2) is 109 Å². The van der Waals surface area contributed by atoms with E-state index in [1.165, 1.54) is 36.4 Å². The average Bonchev–Trinajstić information content (AvgIpc) is 2.91. The zero-order valence-corrected chi connectivity index (χ0v) is 28.2. The number of nitrogen functional groups attached to an aromatic ring is 1. The van der Waals surface area contributed by atoms with Crippen LogP contribution in [0.2, 0.25) is 0 Å². The van der Waals surface area contributed by atoms with Crippen molar-refractivity contribution in [2.24, 2.45) is 20.5 Å². The van der Waals surface area contributed by atoms with Gasteiger partial charge >= 0.3 is 59.1 Å². The van der Waals surface area contributed by atoms with Crippen LogP contribution in [0.1, 0.15) is 0 Å². The van der Waals surface area contributed by atoms with E-state index < -0.39 is 52.9 Å². The Bertz CT molecular complexity index is 2140. The monoisotopic (exact) mass is 637 g/mol. The molecule has 17 heteroatoms. The fourth-order valence-electron chi connectivity index (χ4n) is 4.06. The summed E-state index contributed by atoms with van der Waals surface area (Å²) in [6.07, 6.45) is 0. The van der Waals surface area contributed by atoms with Crippen molar-refractivity contribution in [1.82, 2.24) is 0 Å². The Morgan fingerprint density at radius 3 is 1.56 bits per heavy atom. The van der Waals surface area contributed by atoms with Gasteiger partial charge in [-0.1, -0.05) is 18.2 Å². The van der Waals surface area contributed by atoms with Gasteiger partial charge in [-0.15, -0.1) is 10.2 Å². The number of aromatic hydroxyl groups is 2. The van der Waals surface area contributed by atoms with Gasteiger partial charge in [-0.05, 0) is 71.4 Å². The van der Waals surface area contributed by atoms with Crippen LogP contribution in [0.4, 0.5) is 28.4 Å². The second-order valence-corrected chi connectivity index (χ2v) is 11.4. The van der Waals surface area contributed by atoms with E-state index in [9.17, 15) is 36.2 Å². The van der Waals surface area contributed by atoms with Crippen molar-refractivity contribution in [2.45, 2.75) is 9.79 Å². The van der Waals surface area contributed by atoms with Crippen molar-refractivity contribution in [3.63, 3.8) is 0 Å². The van der Waals surface area contributed by atoms with Crippen molar-refractivity contribution in [1.29, 1.82) is 0 Å². The van der Waals surface area contributed by atoms with Gasteiger partial charge in [-0.25, -0.2) is 16.8 Å². The molecule has 0 spiro atoms. The molecule has 5 rings (SSSR count). The number of rotatable bonds is 6. The molecule has 0 aliphatic rings. The van der Waals surface area contributed by atoms with Crippen molar-refractivity contribution in [3.8, 4) is 11.5 Å². The van der Waals surface area contributed by atoms with E-state index in [0.29, 0.717) is 5.69 Å². The molecule has 0 aliphatic heterocycles. The molecule has 0 bridgehead atoms. The Kier molecular flexibility index (Phi) is 10.7. The number of benzene rings is 5. The molecule has 0 aliphatic carbocycles. The van der Waals surface area contributed by atoms with Crippen LogP contribution in [-0.4, -0.2) is 36.2 Å². The Morgan fingerprint density at radius 2 is 1.05 bits per heavy atom. The summed E-state index contributed by atoms with van der Waals surface area (Å²) >= 11 is 0. The number of phenolic OH excluding ortho intramolecular Hbond substituents is 2. The van der Waals surface area contributed by atoms with Crippen molar-refractivity contribution in [3.05, 3.63) is 78.9 Å². The molecule has 5 aromatic rings. The smallest absolute Gasteiger partial charge is 0.744 e. The summed E-state index contributed by atoms with van der Waals surface area (Å²) in [6.45, 7) is 0. The van der Waals surface area contributed by atoms with Crippen LogP contribution in [0.5, 0.6) is 11.5 Å². The van der Waals surface area contributed by atoms with Gasteiger partial charge in [0, 0.05) is 16.5 Å². The van der Waals surface area contributed by atoms with E-state index in [0.717, 1.165) is 12.1 Å². The molecule has 0 aromatic heterocycles. The number of azo groups is 2. The van der Waals surface area contributed by atoms with E-state index in [4.69, 9.17) is 5.73 Å². The molecule has 0 unspecified atom stereocenters. The zero-order valence-electron chi connectivity index (χ0n) is 22.5. The van der Waals surface area contributed by atoms with E-state index in [2.05, 4.69) is 20.5 Å². The summed E-state index contributed by atoms with van der Waals surface area (Å²) in [5, 5.41) is 37.3. The fourth-order valence-corrected chi connectivity index (χ4v) is 5.35. The second-order valence-electron chi connectivity index (χ2n) is 8.67. The van der Waals surface area contributed by atoms with Crippen LogP contribution in [-0.2, 0) is 20.2 Å². The normalized spacial score (nSPS) is 12.0. The Hall–Kier alpha value is -2.96. The topological polar surface area (TPSA) is 230 Å². The standard InChI is InChI=1S/C26H19N5O8S2.2Na/c27-16-6-8-19-14(10-16)12-21(40(34,35)36)24(25(19)32)31-29-18-7-9-20-15(11-18)13-22(41(37,38)39)23(26(20)33)30-28-17-4-2-1-3-5-17;;/h1-13,32-33H,27H2,(H,34,35,36)(H,37,38,39);;/q;2*+1/p-2. The number of fused-ring (bicyclic) bond motifs is 2. The molecule has 0 amide bonds. The number of nitrogens with two attached hydrogens (primary N) is 1. The van der Waals surface area contributed by atoms with Gasteiger partial charge in [0.15, 0.2) is 11.5 Å². The number of hydrogen-bond donors (Lipinski definition) is 3. The average molecular weight is 638 g/mol. The molecule has 0 saturated carbocycles. The first-order valence-corrected chi connectivity index (χ1v) is 14.3. The summed E-state index contributed by atoms with van der Waals surface area (Å²) in [5.41, 5.74) is 5.14. The molecule has 0 heterocycles.